The van der Waals surface area contributed by atoms with Crippen LogP contribution in [-0.2, 0) is 0 Å². The fourth-order valence-corrected chi connectivity index (χ4v) is 2.13. The Labute approximate surface area is 114 Å². The molecule has 1 aromatic carbocycles. The summed E-state index contributed by atoms with van der Waals surface area (Å²) in [5, 5.41) is 13.5. The summed E-state index contributed by atoms with van der Waals surface area (Å²) in [7, 11) is 0. The van der Waals surface area contributed by atoms with Crippen LogP contribution >= 0.6 is 11.8 Å². The van der Waals surface area contributed by atoms with Gasteiger partial charge in [0, 0.05) is 11.3 Å². The summed E-state index contributed by atoms with van der Waals surface area (Å²) in [5.41, 5.74) is -0.489. The number of halogens is 2. The van der Waals surface area contributed by atoms with Crippen molar-refractivity contribution in [2.45, 2.75) is 18.2 Å². The Kier molecular flexibility index (Phi) is 6.04. The van der Waals surface area contributed by atoms with Crippen LogP contribution in [-0.4, -0.2) is 35.3 Å². The lowest BCUT2D eigenvalue weighted by molar-refractivity contribution is 0.243. The maximum Gasteiger partial charge on any atom is 0.319 e. The molecule has 0 aliphatic carbocycles. The molecule has 0 saturated heterocycles. The van der Waals surface area contributed by atoms with Gasteiger partial charge >= 0.3 is 6.03 Å². The fourth-order valence-electron chi connectivity index (χ4n) is 1.50. The molecule has 2 unspecified atom stereocenters. The molecule has 19 heavy (non-hydrogen) atoms. The summed E-state index contributed by atoms with van der Waals surface area (Å²) < 4.78 is 26.6. The van der Waals surface area contributed by atoms with Crippen molar-refractivity contribution < 1.29 is 18.7 Å². The van der Waals surface area contributed by atoms with Crippen LogP contribution in [0.2, 0.25) is 0 Å². The minimum atomic E-state index is -0.841. The molecule has 106 valence electrons. The number of anilines is 1. The van der Waals surface area contributed by atoms with Crippen molar-refractivity contribution in [1.82, 2.24) is 5.32 Å². The third-order valence-corrected chi connectivity index (χ3v) is 3.76. The molecule has 2 atom stereocenters. The Morgan fingerprint density at radius 3 is 2.47 bits per heavy atom. The molecule has 2 amide bonds. The van der Waals surface area contributed by atoms with E-state index in [1.165, 1.54) is 17.8 Å². The molecule has 0 fully saturated rings. The van der Waals surface area contributed by atoms with E-state index in [1.807, 2.05) is 0 Å². The predicted octanol–water partition coefficient (Wildman–Crippen LogP) is 2.20. The zero-order chi connectivity index (χ0) is 14.4. The van der Waals surface area contributed by atoms with E-state index in [0.717, 1.165) is 12.1 Å². The van der Waals surface area contributed by atoms with Crippen molar-refractivity contribution in [2.24, 2.45) is 0 Å². The largest absolute Gasteiger partial charge is 0.395 e. The van der Waals surface area contributed by atoms with Crippen LogP contribution in [0.4, 0.5) is 19.3 Å². The first kappa shape index (κ1) is 15.7. The molecule has 0 radical (unpaired) electrons. The van der Waals surface area contributed by atoms with Crippen LogP contribution in [0.25, 0.3) is 0 Å². The lowest BCUT2D eigenvalue weighted by Crippen LogP contribution is -2.43. The molecule has 0 heterocycles. The Balaban J connectivity index is 2.65. The van der Waals surface area contributed by atoms with Gasteiger partial charge in [-0.3, -0.25) is 0 Å². The standard InChI is InChI=1S/C12H16F2N2O2S/c1-7(10(6-17)19-2)15-12(18)16-11-8(13)4-3-5-9(11)14/h3-5,7,10,17H,6H2,1-2H3,(H2,15,16,18). The maximum absolute atomic E-state index is 13.3. The van der Waals surface area contributed by atoms with Gasteiger partial charge in [-0.1, -0.05) is 6.07 Å². The third-order valence-electron chi connectivity index (χ3n) is 2.60. The first-order chi connectivity index (χ1) is 8.99. The molecule has 0 bridgehead atoms. The molecule has 0 saturated carbocycles. The summed E-state index contributed by atoms with van der Waals surface area (Å²) in [4.78, 5) is 11.6. The number of nitrogens with one attached hydrogen (secondary N) is 2. The number of aliphatic hydroxyl groups excluding tert-OH is 1. The minimum Gasteiger partial charge on any atom is -0.395 e. The second-order valence-corrected chi connectivity index (χ2v) is 5.02. The number of carbonyl (C=O) groups is 1. The molecular weight excluding hydrogens is 274 g/mol. The number of thioether (sulfide) groups is 1. The van der Waals surface area contributed by atoms with E-state index >= 15 is 0 Å². The van der Waals surface area contributed by atoms with Gasteiger partial charge in [0.25, 0.3) is 0 Å². The number of para-hydroxylation sites is 1. The molecule has 0 aliphatic rings. The number of hydrogen-bond acceptors (Lipinski definition) is 3. The predicted molar refractivity (Wildman–Crippen MR) is 72.4 cm³/mol. The Hall–Kier alpha value is -1.34. The lowest BCUT2D eigenvalue weighted by Gasteiger charge is -2.21. The summed E-state index contributed by atoms with van der Waals surface area (Å²) in [6.07, 6.45) is 1.80. The van der Waals surface area contributed by atoms with Gasteiger partial charge in [0.2, 0.25) is 0 Å². The first-order valence-electron chi connectivity index (χ1n) is 5.64. The second kappa shape index (κ2) is 7.30. The number of urea groups is 1. The van der Waals surface area contributed by atoms with Gasteiger partial charge in [0.1, 0.15) is 17.3 Å². The van der Waals surface area contributed by atoms with Gasteiger partial charge in [-0.25, -0.2) is 13.6 Å². The Morgan fingerprint density at radius 2 is 2.00 bits per heavy atom. The smallest absolute Gasteiger partial charge is 0.319 e. The quantitative estimate of drug-likeness (QED) is 0.779. The molecule has 1 aromatic rings. The van der Waals surface area contributed by atoms with E-state index in [9.17, 15) is 13.6 Å². The lowest BCUT2D eigenvalue weighted by atomic mass is 10.2. The van der Waals surface area contributed by atoms with Gasteiger partial charge < -0.3 is 15.7 Å². The van der Waals surface area contributed by atoms with Crippen LogP contribution in [0.5, 0.6) is 0 Å². The number of carbonyl (C=O) groups excluding carboxylic acids is 1. The highest BCUT2D eigenvalue weighted by Gasteiger charge is 2.18. The molecular formula is C12H16F2N2O2S. The monoisotopic (exact) mass is 290 g/mol. The van der Waals surface area contributed by atoms with Crippen molar-refractivity contribution in [1.29, 1.82) is 0 Å². The summed E-state index contributed by atoms with van der Waals surface area (Å²) >= 11 is 1.39. The van der Waals surface area contributed by atoms with Crippen LogP contribution in [0.1, 0.15) is 6.92 Å². The molecule has 7 heteroatoms. The highest BCUT2D eigenvalue weighted by Crippen LogP contribution is 2.18. The van der Waals surface area contributed by atoms with Crippen molar-refractivity contribution in [3.05, 3.63) is 29.8 Å². The molecule has 4 nitrogen and oxygen atoms in total. The average molecular weight is 290 g/mol. The zero-order valence-electron chi connectivity index (χ0n) is 10.6. The number of rotatable bonds is 5. The summed E-state index contributed by atoms with van der Waals surface area (Å²) in [6, 6.07) is 2.27. The van der Waals surface area contributed by atoms with Gasteiger partial charge in [0.15, 0.2) is 0 Å². The van der Waals surface area contributed by atoms with Gasteiger partial charge in [-0.2, -0.15) is 11.8 Å². The van der Waals surface area contributed by atoms with E-state index < -0.39 is 23.4 Å². The topological polar surface area (TPSA) is 61.4 Å². The number of aliphatic hydroxyl groups is 1. The number of hydrogen-bond donors (Lipinski definition) is 3. The average Bonchev–Trinajstić information content (AvgIpc) is 2.35. The maximum atomic E-state index is 13.3. The second-order valence-electron chi connectivity index (χ2n) is 3.94. The van der Waals surface area contributed by atoms with Gasteiger partial charge in [0.05, 0.1) is 6.61 Å². The Bertz CT molecular complexity index is 421. The SMILES string of the molecule is CSC(CO)C(C)NC(=O)Nc1c(F)cccc1F. The normalized spacial score (nSPS) is 13.7. The van der Waals surface area contributed by atoms with Crippen molar-refractivity contribution in [3.63, 3.8) is 0 Å². The molecule has 0 aliphatic heterocycles. The van der Waals surface area contributed by atoms with Crippen molar-refractivity contribution in [2.75, 3.05) is 18.2 Å². The number of benzene rings is 1. The highest BCUT2D eigenvalue weighted by molar-refractivity contribution is 7.99. The van der Waals surface area contributed by atoms with E-state index in [0.29, 0.717) is 0 Å². The molecule has 1 rings (SSSR count). The zero-order valence-corrected chi connectivity index (χ0v) is 11.4. The summed E-state index contributed by atoms with van der Waals surface area (Å²) in [6.45, 7) is 1.60. The Morgan fingerprint density at radius 1 is 1.42 bits per heavy atom. The van der Waals surface area contributed by atoms with Crippen molar-refractivity contribution in [3.8, 4) is 0 Å². The fraction of sp³-hybridized carbons (Fsp3) is 0.417. The van der Waals surface area contributed by atoms with Crippen LogP contribution < -0.4 is 10.6 Å². The number of amides is 2. The van der Waals surface area contributed by atoms with E-state index in [2.05, 4.69) is 10.6 Å². The van der Waals surface area contributed by atoms with Gasteiger partial charge in [-0.15, -0.1) is 0 Å². The van der Waals surface area contributed by atoms with E-state index in [1.54, 1.807) is 13.2 Å². The van der Waals surface area contributed by atoms with Crippen molar-refractivity contribution >= 4 is 23.5 Å². The summed E-state index contributed by atoms with van der Waals surface area (Å²) in [5.74, 6) is -1.68. The molecule has 0 aromatic heterocycles. The van der Waals surface area contributed by atoms with Crippen LogP contribution in [0, 0.1) is 11.6 Å². The van der Waals surface area contributed by atoms with Crippen LogP contribution in [0.3, 0.4) is 0 Å². The first-order valence-corrected chi connectivity index (χ1v) is 6.93. The highest BCUT2D eigenvalue weighted by atomic mass is 32.2. The molecule has 0 spiro atoms. The third kappa shape index (κ3) is 4.36. The minimum absolute atomic E-state index is 0.101. The van der Waals surface area contributed by atoms with Crippen LogP contribution in [0.15, 0.2) is 18.2 Å². The van der Waals surface area contributed by atoms with E-state index in [4.69, 9.17) is 5.11 Å². The van der Waals surface area contributed by atoms with E-state index in [-0.39, 0.29) is 17.9 Å². The van der Waals surface area contributed by atoms with Gasteiger partial charge in [-0.05, 0) is 25.3 Å². The molecule has 3 N–H and O–H groups in total.